The highest BCUT2D eigenvalue weighted by molar-refractivity contribution is 7.60. The molecule has 4 nitrogen and oxygen atoms in total. The van der Waals surface area contributed by atoms with Gasteiger partial charge >= 0.3 is 7.59 Å². The molecule has 0 aliphatic heterocycles. The van der Waals surface area contributed by atoms with E-state index in [0.29, 0.717) is 0 Å². The summed E-state index contributed by atoms with van der Waals surface area (Å²) in [5.41, 5.74) is 14.0. The second-order valence-corrected chi connectivity index (χ2v) is 5.49. The normalized spacial score (nSPS) is 12.1. The number of anilines is 1. The molecule has 1 rings (SSSR count). The van der Waals surface area contributed by atoms with Crippen LogP contribution in [-0.4, -0.2) is 0 Å². The molecule has 0 atom stereocenters. The van der Waals surface area contributed by atoms with Gasteiger partial charge in [0.1, 0.15) is 0 Å². The lowest BCUT2D eigenvalue weighted by molar-refractivity contribution is 0.576. The first-order valence-electron chi connectivity index (χ1n) is 5.04. The van der Waals surface area contributed by atoms with E-state index in [-0.39, 0.29) is 0 Å². The molecule has 0 saturated carbocycles. The molecule has 5 heteroatoms. The van der Waals surface area contributed by atoms with E-state index in [1.165, 1.54) is 4.67 Å². The molecule has 1 aromatic rings. The number of aryl methyl sites for hydroxylation is 1. The zero-order valence-corrected chi connectivity index (χ0v) is 10.7. The third-order valence-electron chi connectivity index (χ3n) is 2.45. The topological polar surface area (TPSA) is 72.3 Å². The highest BCUT2D eigenvalue weighted by atomic mass is 31.2. The maximum absolute atomic E-state index is 11.8. The average molecular weight is 239 g/mol. The summed E-state index contributed by atoms with van der Waals surface area (Å²) in [5, 5.41) is 0. The third-order valence-corrected chi connectivity index (χ3v) is 3.47. The monoisotopic (exact) mass is 239 g/mol. The average Bonchev–Trinajstić information content (AvgIpc) is 2.18. The lowest BCUT2D eigenvalue weighted by Crippen LogP contribution is -2.24. The second-order valence-electron chi connectivity index (χ2n) is 3.72. The first-order valence-corrected chi connectivity index (χ1v) is 6.83. The van der Waals surface area contributed by atoms with Gasteiger partial charge in [0, 0.05) is 6.20 Å². The lowest BCUT2D eigenvalue weighted by Gasteiger charge is -2.26. The Balaban J connectivity index is 3.33. The van der Waals surface area contributed by atoms with Gasteiger partial charge in [0.15, 0.2) is 0 Å². The van der Waals surface area contributed by atoms with Crippen LogP contribution in [0.3, 0.4) is 0 Å². The van der Waals surface area contributed by atoms with E-state index in [1.807, 2.05) is 39.0 Å². The predicted molar refractivity (Wildman–Crippen MR) is 69.2 cm³/mol. The quantitative estimate of drug-likeness (QED) is 0.795. The molecule has 0 bridgehead atoms. The Labute approximate surface area is 96.5 Å². The first kappa shape index (κ1) is 13.0. The van der Waals surface area contributed by atoms with Crippen molar-refractivity contribution in [2.75, 3.05) is 4.67 Å². The molecular weight excluding hydrogens is 221 g/mol. The van der Waals surface area contributed by atoms with Crippen molar-refractivity contribution < 1.29 is 4.57 Å². The predicted octanol–water partition coefficient (Wildman–Crippen LogP) is 2.67. The molecule has 0 aliphatic carbocycles. The molecule has 0 heterocycles. The van der Waals surface area contributed by atoms with Crippen molar-refractivity contribution in [2.45, 2.75) is 20.8 Å². The maximum Gasteiger partial charge on any atom is 0.304 e. The Bertz CT molecular complexity index is 451. The van der Waals surface area contributed by atoms with Crippen LogP contribution in [0.4, 0.5) is 5.69 Å². The molecule has 0 aliphatic rings. The largest absolute Gasteiger partial charge is 0.304 e. The molecule has 1 aromatic carbocycles. The van der Waals surface area contributed by atoms with Crippen LogP contribution in [0, 0.1) is 13.8 Å². The Morgan fingerprint density at radius 2 is 1.94 bits per heavy atom. The fraction of sp³-hybridized carbons (Fsp3) is 0.273. The number of rotatable bonds is 3. The van der Waals surface area contributed by atoms with E-state index in [4.69, 9.17) is 11.0 Å². The Kier molecular flexibility index (Phi) is 3.92. The van der Waals surface area contributed by atoms with Crippen LogP contribution in [0.1, 0.15) is 18.1 Å². The molecule has 0 saturated heterocycles. The molecule has 0 fully saturated rings. The van der Waals surface area contributed by atoms with E-state index < -0.39 is 7.59 Å². The van der Waals surface area contributed by atoms with Crippen molar-refractivity contribution in [1.29, 1.82) is 0 Å². The number of nitrogens with two attached hydrogens (primary N) is 2. The van der Waals surface area contributed by atoms with E-state index >= 15 is 0 Å². The van der Waals surface area contributed by atoms with Crippen molar-refractivity contribution in [3.05, 3.63) is 41.6 Å². The number of hydrogen-bond acceptors (Lipinski definition) is 1. The summed E-state index contributed by atoms with van der Waals surface area (Å²) < 4.78 is 13.2. The van der Waals surface area contributed by atoms with Crippen LogP contribution >= 0.6 is 7.59 Å². The fourth-order valence-electron chi connectivity index (χ4n) is 1.48. The van der Waals surface area contributed by atoms with Gasteiger partial charge in [-0.15, -0.1) is 0 Å². The van der Waals surface area contributed by atoms with Gasteiger partial charge in [-0.2, -0.15) is 0 Å². The SMILES string of the molecule is CC=CN(c1cccc(C)c1C)P(N)(N)=O. The Hall–Kier alpha value is -1.09. The van der Waals surface area contributed by atoms with Crippen LogP contribution in [0.25, 0.3) is 0 Å². The van der Waals surface area contributed by atoms with E-state index in [2.05, 4.69) is 0 Å². The van der Waals surface area contributed by atoms with Gasteiger partial charge in [-0.1, -0.05) is 18.2 Å². The number of allylic oxidation sites excluding steroid dienone is 1. The molecule has 0 aromatic heterocycles. The van der Waals surface area contributed by atoms with Crippen molar-refractivity contribution in [1.82, 2.24) is 0 Å². The van der Waals surface area contributed by atoms with Crippen LogP contribution < -0.4 is 15.7 Å². The highest BCUT2D eigenvalue weighted by Gasteiger charge is 2.20. The van der Waals surface area contributed by atoms with Gasteiger partial charge in [-0.05, 0) is 38.0 Å². The number of nitrogens with zero attached hydrogens (tertiary/aromatic N) is 1. The summed E-state index contributed by atoms with van der Waals surface area (Å²) in [4.78, 5) is 0. The van der Waals surface area contributed by atoms with Gasteiger partial charge in [-0.3, -0.25) is 20.2 Å². The van der Waals surface area contributed by atoms with E-state index in [1.54, 1.807) is 12.3 Å². The summed E-state index contributed by atoms with van der Waals surface area (Å²) in [6.07, 6.45) is 3.40. The Morgan fingerprint density at radius 3 is 2.44 bits per heavy atom. The number of benzene rings is 1. The van der Waals surface area contributed by atoms with Gasteiger partial charge < -0.3 is 0 Å². The lowest BCUT2D eigenvalue weighted by atomic mass is 10.1. The van der Waals surface area contributed by atoms with Crippen LogP contribution in [-0.2, 0) is 4.57 Å². The molecule has 0 unspecified atom stereocenters. The smallest absolute Gasteiger partial charge is 0.275 e. The van der Waals surface area contributed by atoms with E-state index in [0.717, 1.165) is 16.8 Å². The standard InChI is InChI=1S/C11H18N3OP/c1-4-8-14(16(12,13)15)11-7-5-6-9(2)10(11)3/h4-8H,1-3H3,(H4,12,13,15). The van der Waals surface area contributed by atoms with Crippen LogP contribution in [0.5, 0.6) is 0 Å². The van der Waals surface area contributed by atoms with Crippen molar-refractivity contribution in [3.63, 3.8) is 0 Å². The van der Waals surface area contributed by atoms with Crippen LogP contribution in [0.15, 0.2) is 30.5 Å². The molecule has 0 radical (unpaired) electrons. The van der Waals surface area contributed by atoms with E-state index in [9.17, 15) is 4.57 Å². The molecule has 88 valence electrons. The summed E-state index contributed by atoms with van der Waals surface area (Å²) in [6, 6.07) is 5.74. The summed E-state index contributed by atoms with van der Waals surface area (Å²) in [5.74, 6) is 0. The molecule has 4 N–H and O–H groups in total. The third kappa shape index (κ3) is 2.73. The van der Waals surface area contributed by atoms with Gasteiger partial charge in [-0.25, -0.2) is 0 Å². The zero-order valence-electron chi connectivity index (χ0n) is 9.84. The minimum Gasteiger partial charge on any atom is -0.275 e. The molecular formula is C11H18N3OP. The maximum atomic E-state index is 11.8. The van der Waals surface area contributed by atoms with Crippen molar-refractivity contribution in [3.8, 4) is 0 Å². The number of hydrogen-bond donors (Lipinski definition) is 2. The highest BCUT2D eigenvalue weighted by Crippen LogP contribution is 2.39. The first-order chi connectivity index (χ1) is 7.38. The minimum absolute atomic E-state index is 0.784. The van der Waals surface area contributed by atoms with Gasteiger partial charge in [0.25, 0.3) is 0 Å². The van der Waals surface area contributed by atoms with Gasteiger partial charge in [0.05, 0.1) is 5.69 Å². The second kappa shape index (κ2) is 4.83. The fourth-order valence-corrected chi connectivity index (χ4v) is 2.37. The zero-order chi connectivity index (χ0) is 12.3. The van der Waals surface area contributed by atoms with Crippen LogP contribution in [0.2, 0.25) is 0 Å². The minimum atomic E-state index is -3.31. The summed E-state index contributed by atoms with van der Waals surface area (Å²) >= 11 is 0. The molecule has 0 spiro atoms. The van der Waals surface area contributed by atoms with Gasteiger partial charge in [0.2, 0.25) is 0 Å². The molecule has 16 heavy (non-hydrogen) atoms. The van der Waals surface area contributed by atoms with Crippen molar-refractivity contribution >= 4 is 13.3 Å². The molecule has 0 amide bonds. The summed E-state index contributed by atoms with van der Waals surface area (Å²) in [7, 11) is -3.31. The summed E-state index contributed by atoms with van der Waals surface area (Å²) in [6.45, 7) is 5.77. The Morgan fingerprint density at radius 1 is 1.31 bits per heavy atom. The van der Waals surface area contributed by atoms with Crippen molar-refractivity contribution in [2.24, 2.45) is 11.0 Å².